The van der Waals surface area contributed by atoms with Crippen LogP contribution in [0.3, 0.4) is 0 Å². The van der Waals surface area contributed by atoms with Crippen molar-refractivity contribution >= 4 is 33.0 Å². The molecule has 45 heavy (non-hydrogen) atoms. The van der Waals surface area contributed by atoms with Crippen molar-refractivity contribution in [1.82, 2.24) is 5.32 Å². The summed E-state index contributed by atoms with van der Waals surface area (Å²) in [5.74, 6) is 1.51. The van der Waals surface area contributed by atoms with Crippen LogP contribution in [0.2, 0.25) is 0 Å². The van der Waals surface area contributed by atoms with E-state index in [2.05, 4.69) is 76.0 Å². The molecule has 1 aliphatic heterocycles. The summed E-state index contributed by atoms with van der Waals surface area (Å²) < 4.78 is 0. The van der Waals surface area contributed by atoms with Gasteiger partial charge >= 0.3 is 34.5 Å². The van der Waals surface area contributed by atoms with Gasteiger partial charge in [0, 0.05) is 17.9 Å². The van der Waals surface area contributed by atoms with Crippen LogP contribution in [0.5, 0.6) is 0 Å². The van der Waals surface area contributed by atoms with E-state index < -0.39 is 0 Å². The van der Waals surface area contributed by atoms with E-state index in [0.29, 0.717) is 6.04 Å². The summed E-state index contributed by atoms with van der Waals surface area (Å²) in [6.07, 6.45) is 20.5. The van der Waals surface area contributed by atoms with Crippen LogP contribution in [-0.2, 0) is 15.1 Å². The molecule has 6 heteroatoms. The van der Waals surface area contributed by atoms with E-state index in [1.54, 1.807) is 0 Å². The molecule has 0 aromatic heterocycles. The first-order valence-corrected chi connectivity index (χ1v) is 23.8. The fourth-order valence-electron chi connectivity index (χ4n) is 9.73. The Morgan fingerprint density at radius 2 is 1.13 bits per heavy atom. The molecule has 0 spiro atoms. The number of aryl methyl sites for hydroxylation is 6. The van der Waals surface area contributed by atoms with Crippen molar-refractivity contribution in [3.63, 3.8) is 0 Å². The Morgan fingerprint density at radius 3 is 1.64 bits per heavy atom. The maximum absolute atomic E-state index is 4.85. The minimum absolute atomic E-state index is 0.0112. The van der Waals surface area contributed by atoms with Crippen LogP contribution in [0.4, 0.5) is 5.69 Å². The van der Waals surface area contributed by atoms with E-state index in [1.165, 1.54) is 140 Å². The molecule has 1 saturated heterocycles. The molecular weight excluding hydrogens is 699 g/mol. The van der Waals surface area contributed by atoms with Crippen molar-refractivity contribution in [3.05, 3.63) is 74.6 Å². The van der Waals surface area contributed by atoms with Gasteiger partial charge < -0.3 is 10.2 Å². The van der Waals surface area contributed by atoms with E-state index >= 15 is 0 Å². The van der Waals surface area contributed by atoms with Gasteiger partial charge in [-0.05, 0) is 131 Å². The molecule has 2 aromatic carbocycles. The third-order valence-electron chi connectivity index (χ3n) is 11.2. The zero-order chi connectivity index (χ0) is 32.1. The van der Waals surface area contributed by atoms with E-state index in [9.17, 15) is 0 Å². The van der Waals surface area contributed by atoms with Gasteiger partial charge in [-0.2, -0.15) is 0 Å². The third-order valence-corrected chi connectivity index (χ3v) is 15.2. The standard InChI is InChI=1S/C39H57N2P.2ClH.Ru/c1-26-21-28(3)37(29(4)22-26)35-25-40-39(41(35)38-30(5)23-27(2)24-31(38)6)34-19-13-14-20-36(34)42(32-15-9-7-10-16-32)33-17-11-8-12-18-33;;;/h21-24,32-33,35-36,40H,7-20,25H2,1-6H3;2*1H;/q;;;+2/p-2. The van der Waals surface area contributed by atoms with Crippen LogP contribution in [0.15, 0.2) is 35.7 Å². The predicted molar refractivity (Wildman–Crippen MR) is 196 cm³/mol. The number of anilines is 1. The predicted octanol–water partition coefficient (Wildman–Crippen LogP) is 12.4. The number of nitrogens with one attached hydrogen (secondary N) is 1. The van der Waals surface area contributed by atoms with Gasteiger partial charge in [0.05, 0.1) is 6.04 Å². The molecule has 1 N–H and O–H groups in total. The van der Waals surface area contributed by atoms with Gasteiger partial charge in [-0.1, -0.05) is 88.3 Å². The first-order chi connectivity index (χ1) is 21.7. The van der Waals surface area contributed by atoms with Gasteiger partial charge in [0.15, 0.2) is 0 Å². The number of hydrogen-bond donors (Lipinski definition) is 1. The minimum atomic E-state index is -0.346. The van der Waals surface area contributed by atoms with Gasteiger partial charge in [-0.25, -0.2) is 0 Å². The molecule has 4 fully saturated rings. The Labute approximate surface area is 292 Å². The Balaban J connectivity index is 0.00000128. The number of allylic oxidation sites excluding steroid dienone is 1. The summed E-state index contributed by atoms with van der Waals surface area (Å²) in [5, 5.41) is 4.17. The van der Waals surface area contributed by atoms with E-state index in [4.69, 9.17) is 19.4 Å². The van der Waals surface area contributed by atoms with E-state index in [-0.39, 0.29) is 23.1 Å². The van der Waals surface area contributed by atoms with E-state index in [1.807, 2.05) is 5.57 Å². The van der Waals surface area contributed by atoms with Crippen LogP contribution < -0.4 is 10.2 Å². The molecule has 2 unspecified atom stereocenters. The van der Waals surface area contributed by atoms with Crippen molar-refractivity contribution < 1.29 is 15.1 Å². The monoisotopic (exact) mass is 756 g/mol. The van der Waals surface area contributed by atoms with Crippen molar-refractivity contribution in [3.8, 4) is 0 Å². The molecule has 6 rings (SSSR count). The van der Waals surface area contributed by atoms with Gasteiger partial charge in [0.1, 0.15) is 5.82 Å². The Kier molecular flexibility index (Phi) is 13.2. The van der Waals surface area contributed by atoms with Crippen LogP contribution in [0.25, 0.3) is 0 Å². The summed E-state index contributed by atoms with van der Waals surface area (Å²) in [7, 11) is 9.72. The number of halogens is 2. The Morgan fingerprint density at radius 1 is 0.667 bits per heavy atom. The molecule has 3 aliphatic carbocycles. The molecule has 250 valence electrons. The summed E-state index contributed by atoms with van der Waals surface area (Å²) in [4.78, 5) is 2.83. The van der Waals surface area contributed by atoms with Gasteiger partial charge in [0.2, 0.25) is 0 Å². The summed E-state index contributed by atoms with van der Waals surface area (Å²) in [6.45, 7) is 14.9. The quantitative estimate of drug-likeness (QED) is 0.241. The molecule has 2 nitrogen and oxygen atoms in total. The zero-order valence-corrected chi connectivity index (χ0v) is 32.9. The second-order valence-corrected chi connectivity index (χ2v) is 20.2. The first-order valence-electron chi connectivity index (χ1n) is 17.8. The number of hydrogen-bond acceptors (Lipinski definition) is 2. The number of rotatable bonds is 5. The van der Waals surface area contributed by atoms with Crippen LogP contribution >= 0.6 is 27.3 Å². The van der Waals surface area contributed by atoms with Crippen molar-refractivity contribution in [1.29, 1.82) is 0 Å². The second kappa shape index (κ2) is 16.7. The summed E-state index contributed by atoms with van der Waals surface area (Å²) >= 11 is -0.346. The number of benzene rings is 2. The molecule has 0 amide bonds. The summed E-state index contributed by atoms with van der Waals surface area (Å²) in [6, 6.07) is 10.0. The fourth-order valence-corrected chi connectivity index (χ4v) is 14.4. The third kappa shape index (κ3) is 8.18. The van der Waals surface area contributed by atoms with Crippen LogP contribution in [0.1, 0.15) is 135 Å². The van der Waals surface area contributed by atoms with E-state index in [0.717, 1.165) is 23.5 Å². The molecular formula is C39H57Cl2N2PRu. The fraction of sp³-hybridized carbons (Fsp3) is 0.641. The average Bonchev–Trinajstić information content (AvgIpc) is 3.42. The molecule has 1 heterocycles. The number of nitrogens with zero attached hydrogens (tertiary/aromatic N) is 1. The zero-order valence-electron chi connectivity index (χ0n) is 28.7. The SMILES string of the molecule is Cc1cc(C)c(C2CNC(=C3CCCCC3P(C3CCCCC3)C3CCCCC3)N2c2c(C)cc(C)cc2C)c(C)c1.[Cl][Ru][Cl]. The molecule has 0 radical (unpaired) electrons. The first kappa shape index (κ1) is 35.7. The molecule has 4 aliphatic rings. The molecule has 2 aromatic rings. The molecule has 0 bridgehead atoms. The maximum atomic E-state index is 4.85. The van der Waals surface area contributed by atoms with Crippen molar-refractivity contribution in [2.75, 3.05) is 11.4 Å². The van der Waals surface area contributed by atoms with Crippen molar-refractivity contribution in [2.45, 2.75) is 154 Å². The summed E-state index contributed by atoms with van der Waals surface area (Å²) in [5.41, 5.74) is 16.2. The van der Waals surface area contributed by atoms with Crippen LogP contribution in [-0.4, -0.2) is 23.5 Å². The van der Waals surface area contributed by atoms with Crippen molar-refractivity contribution in [2.24, 2.45) is 0 Å². The second-order valence-electron chi connectivity index (χ2n) is 14.5. The van der Waals surface area contributed by atoms with Gasteiger partial charge in [-0.3, -0.25) is 0 Å². The average molecular weight is 757 g/mol. The Hall–Kier alpha value is -0.587. The molecule has 2 atom stereocenters. The van der Waals surface area contributed by atoms with Crippen LogP contribution in [0, 0.1) is 41.5 Å². The Bertz CT molecular complexity index is 1270. The van der Waals surface area contributed by atoms with Gasteiger partial charge in [-0.15, -0.1) is 0 Å². The van der Waals surface area contributed by atoms with Gasteiger partial charge in [0.25, 0.3) is 0 Å². The molecule has 3 saturated carbocycles. The topological polar surface area (TPSA) is 15.3 Å². The normalized spacial score (nSPS) is 25.0.